The summed E-state index contributed by atoms with van der Waals surface area (Å²) in [7, 11) is 2.05. The van der Waals surface area contributed by atoms with Crippen LogP contribution in [0.25, 0.3) is 0 Å². The SMILES string of the molecule is CN(Cc1ccc(N)cc1)Cc1cccc(Cl)c1Cl. The van der Waals surface area contributed by atoms with Crippen LogP contribution in [0, 0.1) is 0 Å². The van der Waals surface area contributed by atoms with Crippen molar-refractivity contribution < 1.29 is 0 Å². The quantitative estimate of drug-likeness (QED) is 0.856. The second-order valence-electron chi connectivity index (χ2n) is 4.63. The Balaban J connectivity index is 2.03. The van der Waals surface area contributed by atoms with Crippen LogP contribution in [0.5, 0.6) is 0 Å². The number of hydrogen-bond donors (Lipinski definition) is 1. The Morgan fingerprint density at radius 2 is 1.68 bits per heavy atom. The third-order valence-electron chi connectivity index (χ3n) is 2.90. The van der Waals surface area contributed by atoms with Gasteiger partial charge in [-0.25, -0.2) is 0 Å². The van der Waals surface area contributed by atoms with E-state index in [9.17, 15) is 0 Å². The molecule has 0 aromatic heterocycles. The van der Waals surface area contributed by atoms with E-state index in [1.54, 1.807) is 6.07 Å². The van der Waals surface area contributed by atoms with Crippen LogP contribution in [0.1, 0.15) is 11.1 Å². The molecule has 0 bridgehead atoms. The summed E-state index contributed by atoms with van der Waals surface area (Å²) in [6.07, 6.45) is 0. The van der Waals surface area contributed by atoms with Crippen LogP contribution in [0.15, 0.2) is 42.5 Å². The lowest BCUT2D eigenvalue weighted by atomic mass is 10.1. The van der Waals surface area contributed by atoms with E-state index in [0.717, 1.165) is 24.3 Å². The summed E-state index contributed by atoms with van der Waals surface area (Å²) in [5.41, 5.74) is 8.71. The highest BCUT2D eigenvalue weighted by molar-refractivity contribution is 6.42. The molecule has 2 nitrogen and oxygen atoms in total. The monoisotopic (exact) mass is 294 g/mol. The Hall–Kier alpha value is -1.22. The number of rotatable bonds is 4. The molecule has 4 heteroatoms. The number of nitrogens with zero attached hydrogens (tertiary/aromatic N) is 1. The second kappa shape index (κ2) is 6.29. The van der Waals surface area contributed by atoms with Crippen LogP contribution in [-0.4, -0.2) is 11.9 Å². The predicted molar refractivity (Wildman–Crippen MR) is 82.5 cm³/mol. The third kappa shape index (κ3) is 3.87. The molecular weight excluding hydrogens is 279 g/mol. The van der Waals surface area contributed by atoms with Crippen molar-refractivity contribution in [1.82, 2.24) is 4.90 Å². The molecule has 0 atom stereocenters. The van der Waals surface area contributed by atoms with Gasteiger partial charge in [0, 0.05) is 18.8 Å². The minimum atomic E-state index is 0.597. The van der Waals surface area contributed by atoms with Crippen molar-refractivity contribution >= 4 is 28.9 Å². The molecule has 0 unspecified atom stereocenters. The van der Waals surface area contributed by atoms with Crippen LogP contribution in [-0.2, 0) is 13.1 Å². The van der Waals surface area contributed by atoms with Gasteiger partial charge in [0.2, 0.25) is 0 Å². The first-order chi connectivity index (χ1) is 9.06. The molecule has 2 rings (SSSR count). The van der Waals surface area contributed by atoms with E-state index in [-0.39, 0.29) is 0 Å². The number of anilines is 1. The Morgan fingerprint density at radius 1 is 1.00 bits per heavy atom. The van der Waals surface area contributed by atoms with Gasteiger partial charge in [-0.1, -0.05) is 47.5 Å². The summed E-state index contributed by atoms with van der Waals surface area (Å²) in [5, 5.41) is 1.23. The van der Waals surface area contributed by atoms with Gasteiger partial charge < -0.3 is 5.73 Å². The summed E-state index contributed by atoms with van der Waals surface area (Å²) >= 11 is 12.2. The van der Waals surface area contributed by atoms with E-state index in [4.69, 9.17) is 28.9 Å². The van der Waals surface area contributed by atoms with Crippen molar-refractivity contribution in [1.29, 1.82) is 0 Å². The van der Waals surface area contributed by atoms with E-state index >= 15 is 0 Å². The molecule has 2 aromatic rings. The van der Waals surface area contributed by atoms with Gasteiger partial charge in [0.05, 0.1) is 10.0 Å². The standard InChI is InChI=1S/C15H16Cl2N2/c1-19(9-11-5-7-13(18)8-6-11)10-12-3-2-4-14(16)15(12)17/h2-8H,9-10,18H2,1H3. The first-order valence-corrected chi connectivity index (χ1v) is 6.77. The van der Waals surface area contributed by atoms with E-state index in [1.165, 1.54) is 5.56 Å². The molecule has 0 aliphatic heterocycles. The largest absolute Gasteiger partial charge is 0.399 e. The second-order valence-corrected chi connectivity index (χ2v) is 5.41. The number of nitrogens with two attached hydrogens (primary N) is 1. The first-order valence-electron chi connectivity index (χ1n) is 6.02. The van der Waals surface area contributed by atoms with E-state index < -0.39 is 0 Å². The first kappa shape index (κ1) is 14.2. The molecule has 0 saturated carbocycles. The van der Waals surface area contributed by atoms with Gasteiger partial charge >= 0.3 is 0 Å². The van der Waals surface area contributed by atoms with Crippen LogP contribution in [0.4, 0.5) is 5.69 Å². The summed E-state index contributed by atoms with van der Waals surface area (Å²) in [6.45, 7) is 1.59. The molecule has 0 fully saturated rings. The Labute approximate surface area is 123 Å². The molecule has 0 aliphatic rings. The molecule has 0 saturated heterocycles. The lowest BCUT2D eigenvalue weighted by molar-refractivity contribution is 0.319. The van der Waals surface area contributed by atoms with Crippen LogP contribution < -0.4 is 5.73 Å². The molecule has 100 valence electrons. The highest BCUT2D eigenvalue weighted by Crippen LogP contribution is 2.26. The van der Waals surface area contributed by atoms with Gasteiger partial charge in [-0.2, -0.15) is 0 Å². The van der Waals surface area contributed by atoms with Crippen molar-refractivity contribution in [3.05, 3.63) is 63.6 Å². The van der Waals surface area contributed by atoms with E-state index in [0.29, 0.717) is 10.0 Å². The molecule has 19 heavy (non-hydrogen) atoms. The average molecular weight is 295 g/mol. The summed E-state index contributed by atoms with van der Waals surface area (Å²) in [5.74, 6) is 0. The van der Waals surface area contributed by atoms with Crippen LogP contribution >= 0.6 is 23.2 Å². The zero-order chi connectivity index (χ0) is 13.8. The van der Waals surface area contributed by atoms with Crippen molar-refractivity contribution in [2.24, 2.45) is 0 Å². The van der Waals surface area contributed by atoms with E-state index in [1.807, 2.05) is 43.4 Å². The van der Waals surface area contributed by atoms with Gasteiger partial charge in [-0.05, 0) is 36.4 Å². The predicted octanol–water partition coefficient (Wildman–Crippen LogP) is 4.21. The third-order valence-corrected chi connectivity index (χ3v) is 3.76. The fraction of sp³-hybridized carbons (Fsp3) is 0.200. The van der Waals surface area contributed by atoms with Gasteiger partial charge in [-0.15, -0.1) is 0 Å². The molecule has 0 aliphatic carbocycles. The number of nitrogen functional groups attached to an aromatic ring is 1. The van der Waals surface area contributed by atoms with Crippen molar-refractivity contribution in [3.63, 3.8) is 0 Å². The minimum absolute atomic E-state index is 0.597. The lowest BCUT2D eigenvalue weighted by Gasteiger charge is -2.18. The molecule has 0 heterocycles. The molecule has 0 amide bonds. The highest BCUT2D eigenvalue weighted by atomic mass is 35.5. The Morgan fingerprint density at radius 3 is 2.37 bits per heavy atom. The Kier molecular flexibility index (Phi) is 4.70. The van der Waals surface area contributed by atoms with Crippen molar-refractivity contribution in [2.75, 3.05) is 12.8 Å². The maximum absolute atomic E-state index is 6.19. The molecule has 2 aromatic carbocycles. The number of halogens is 2. The average Bonchev–Trinajstić information content (AvgIpc) is 2.38. The van der Waals surface area contributed by atoms with Gasteiger partial charge in [0.1, 0.15) is 0 Å². The van der Waals surface area contributed by atoms with Crippen LogP contribution in [0.2, 0.25) is 10.0 Å². The van der Waals surface area contributed by atoms with Crippen molar-refractivity contribution in [2.45, 2.75) is 13.1 Å². The summed E-state index contributed by atoms with van der Waals surface area (Å²) in [4.78, 5) is 2.18. The van der Waals surface area contributed by atoms with Gasteiger partial charge in [0.15, 0.2) is 0 Å². The maximum atomic E-state index is 6.19. The van der Waals surface area contributed by atoms with Gasteiger partial charge in [-0.3, -0.25) is 4.90 Å². The highest BCUT2D eigenvalue weighted by Gasteiger charge is 2.07. The van der Waals surface area contributed by atoms with Gasteiger partial charge in [0.25, 0.3) is 0 Å². The lowest BCUT2D eigenvalue weighted by Crippen LogP contribution is -2.17. The number of benzene rings is 2. The minimum Gasteiger partial charge on any atom is -0.399 e. The molecular formula is C15H16Cl2N2. The van der Waals surface area contributed by atoms with Crippen LogP contribution in [0.3, 0.4) is 0 Å². The number of hydrogen-bond acceptors (Lipinski definition) is 2. The molecule has 0 spiro atoms. The Bertz CT molecular complexity index is 553. The summed E-state index contributed by atoms with van der Waals surface area (Å²) in [6, 6.07) is 13.6. The smallest absolute Gasteiger partial charge is 0.0637 e. The normalized spacial score (nSPS) is 10.9. The zero-order valence-electron chi connectivity index (χ0n) is 10.7. The van der Waals surface area contributed by atoms with E-state index in [2.05, 4.69) is 4.90 Å². The maximum Gasteiger partial charge on any atom is 0.0637 e. The zero-order valence-corrected chi connectivity index (χ0v) is 12.2. The molecule has 2 N–H and O–H groups in total. The summed E-state index contributed by atoms with van der Waals surface area (Å²) < 4.78 is 0. The van der Waals surface area contributed by atoms with Crippen molar-refractivity contribution in [3.8, 4) is 0 Å². The topological polar surface area (TPSA) is 29.3 Å². The fourth-order valence-electron chi connectivity index (χ4n) is 1.95. The molecule has 0 radical (unpaired) electrons. The fourth-order valence-corrected chi connectivity index (χ4v) is 2.33.